The molecular formula is C32H38O7. The van der Waals surface area contributed by atoms with Gasteiger partial charge in [-0.1, -0.05) is 91.0 Å². The number of hydrogen-bond donors (Lipinski definition) is 1. The van der Waals surface area contributed by atoms with Crippen molar-refractivity contribution in [2.75, 3.05) is 6.61 Å². The largest absolute Gasteiger partial charge is 0.454 e. The number of rotatable bonds is 11. The summed E-state index contributed by atoms with van der Waals surface area (Å²) >= 11 is 0. The Morgan fingerprint density at radius 3 is 1.67 bits per heavy atom. The molecule has 0 radical (unpaired) electrons. The Labute approximate surface area is 230 Å². The molecule has 1 N–H and O–H groups in total. The molecular weight excluding hydrogens is 496 g/mol. The Morgan fingerprint density at radius 1 is 0.718 bits per heavy atom. The number of benzene rings is 3. The van der Waals surface area contributed by atoms with E-state index in [2.05, 4.69) is 0 Å². The highest BCUT2D eigenvalue weighted by atomic mass is 16.7. The van der Waals surface area contributed by atoms with Crippen molar-refractivity contribution in [3.8, 4) is 0 Å². The van der Waals surface area contributed by atoms with Crippen molar-refractivity contribution >= 4 is 5.97 Å². The molecule has 5 atom stereocenters. The van der Waals surface area contributed by atoms with Gasteiger partial charge in [-0.05, 0) is 37.5 Å². The Kier molecular flexibility index (Phi) is 10.3. The Bertz CT molecular complexity index is 1130. The van der Waals surface area contributed by atoms with Gasteiger partial charge in [0.1, 0.15) is 18.3 Å². The first-order chi connectivity index (χ1) is 18.8. The van der Waals surface area contributed by atoms with Crippen molar-refractivity contribution in [1.82, 2.24) is 0 Å². The lowest BCUT2D eigenvalue weighted by molar-refractivity contribution is -0.311. The van der Waals surface area contributed by atoms with Crippen molar-refractivity contribution in [1.29, 1.82) is 0 Å². The summed E-state index contributed by atoms with van der Waals surface area (Å²) in [7, 11) is 0. The highest BCUT2D eigenvalue weighted by Gasteiger charge is 2.50. The van der Waals surface area contributed by atoms with Gasteiger partial charge in [0, 0.05) is 0 Å². The van der Waals surface area contributed by atoms with Crippen LogP contribution in [0, 0.1) is 5.41 Å². The molecule has 39 heavy (non-hydrogen) atoms. The molecule has 1 aliphatic rings. The number of ether oxygens (including phenoxy) is 5. The minimum Gasteiger partial charge on any atom is -0.454 e. The van der Waals surface area contributed by atoms with Crippen molar-refractivity contribution in [2.45, 2.75) is 71.3 Å². The SMILES string of the molecule is CC(C)(C)C(=O)O[C@@H]1[C@@H](OCc2ccccc2)[C@H](OCc2ccccc2)[C@@H](COCc2ccccc2)O[C@@H]1O. The average molecular weight is 535 g/mol. The molecule has 0 aromatic heterocycles. The Balaban J connectivity index is 1.57. The highest BCUT2D eigenvalue weighted by Crippen LogP contribution is 2.31. The van der Waals surface area contributed by atoms with Crippen LogP contribution in [0.1, 0.15) is 37.5 Å². The van der Waals surface area contributed by atoms with Crippen LogP contribution >= 0.6 is 0 Å². The zero-order chi connectivity index (χ0) is 27.7. The maximum atomic E-state index is 12.9. The van der Waals surface area contributed by atoms with Gasteiger partial charge in [-0.15, -0.1) is 0 Å². The zero-order valence-corrected chi connectivity index (χ0v) is 22.8. The Hall–Kier alpha value is -3.07. The third-order valence-corrected chi connectivity index (χ3v) is 6.43. The van der Waals surface area contributed by atoms with E-state index in [9.17, 15) is 9.90 Å². The number of esters is 1. The molecule has 1 saturated heterocycles. The van der Waals surface area contributed by atoms with Crippen LogP contribution in [0.25, 0.3) is 0 Å². The van der Waals surface area contributed by atoms with Crippen LogP contribution in [-0.2, 0) is 48.3 Å². The van der Waals surface area contributed by atoms with E-state index in [1.165, 1.54) is 0 Å². The third-order valence-electron chi connectivity index (χ3n) is 6.43. The van der Waals surface area contributed by atoms with Crippen molar-refractivity contribution in [3.63, 3.8) is 0 Å². The van der Waals surface area contributed by atoms with Crippen molar-refractivity contribution in [2.24, 2.45) is 5.41 Å². The molecule has 0 aliphatic carbocycles. The lowest BCUT2D eigenvalue weighted by Gasteiger charge is -2.44. The molecule has 1 fully saturated rings. The predicted octanol–water partition coefficient (Wildman–Crippen LogP) is 5.05. The second-order valence-electron chi connectivity index (χ2n) is 10.7. The number of aliphatic hydroxyl groups is 1. The minimum atomic E-state index is -1.42. The van der Waals surface area contributed by atoms with E-state index in [-0.39, 0.29) is 19.8 Å². The smallest absolute Gasteiger partial charge is 0.311 e. The van der Waals surface area contributed by atoms with Crippen LogP contribution in [0.5, 0.6) is 0 Å². The molecule has 0 amide bonds. The number of carbonyl (C=O) groups excluding carboxylic acids is 1. The molecule has 1 heterocycles. The van der Waals surface area contributed by atoms with Gasteiger partial charge in [0.2, 0.25) is 0 Å². The molecule has 7 heteroatoms. The summed E-state index contributed by atoms with van der Waals surface area (Å²) in [4.78, 5) is 12.9. The fourth-order valence-electron chi connectivity index (χ4n) is 4.25. The van der Waals surface area contributed by atoms with Gasteiger partial charge < -0.3 is 28.8 Å². The molecule has 1 aliphatic heterocycles. The van der Waals surface area contributed by atoms with Crippen LogP contribution in [0.15, 0.2) is 91.0 Å². The number of carbonyl (C=O) groups is 1. The lowest BCUT2D eigenvalue weighted by atomic mass is 9.95. The summed E-state index contributed by atoms with van der Waals surface area (Å²) in [6, 6.07) is 29.3. The molecule has 3 aromatic rings. The van der Waals surface area contributed by atoms with Gasteiger partial charge in [-0.3, -0.25) is 4.79 Å². The van der Waals surface area contributed by atoms with Gasteiger partial charge in [0.15, 0.2) is 12.4 Å². The van der Waals surface area contributed by atoms with Crippen LogP contribution in [0.2, 0.25) is 0 Å². The highest BCUT2D eigenvalue weighted by molar-refractivity contribution is 5.75. The molecule has 0 saturated carbocycles. The zero-order valence-electron chi connectivity index (χ0n) is 22.8. The quantitative estimate of drug-likeness (QED) is 0.345. The van der Waals surface area contributed by atoms with Crippen LogP contribution < -0.4 is 0 Å². The summed E-state index contributed by atoms with van der Waals surface area (Å²) in [6.45, 7) is 6.32. The van der Waals surface area contributed by atoms with E-state index in [4.69, 9.17) is 23.7 Å². The van der Waals surface area contributed by atoms with E-state index in [0.717, 1.165) is 16.7 Å². The minimum absolute atomic E-state index is 0.149. The third kappa shape index (κ3) is 8.46. The summed E-state index contributed by atoms with van der Waals surface area (Å²) in [5.74, 6) is -0.468. The standard InChI is InChI=1S/C32H38O7/c1-32(2,3)31(34)39-29-28(37-21-25-17-11-6-12-18-25)27(36-20-24-15-9-5-10-16-24)26(38-30(29)33)22-35-19-23-13-7-4-8-14-23/h4-18,26-30,33H,19-22H2,1-3H3/t26-,27-,28+,29-,30+/m1/s1. The van der Waals surface area contributed by atoms with Gasteiger partial charge in [0.05, 0.1) is 31.8 Å². The van der Waals surface area contributed by atoms with Gasteiger partial charge >= 0.3 is 5.97 Å². The summed E-state index contributed by atoms with van der Waals surface area (Å²) < 4.78 is 30.6. The second kappa shape index (κ2) is 13.8. The van der Waals surface area contributed by atoms with E-state index in [0.29, 0.717) is 6.61 Å². The maximum Gasteiger partial charge on any atom is 0.311 e. The average Bonchev–Trinajstić information content (AvgIpc) is 2.94. The topological polar surface area (TPSA) is 83.5 Å². The van der Waals surface area contributed by atoms with Crippen molar-refractivity contribution < 1.29 is 33.6 Å². The van der Waals surface area contributed by atoms with Crippen LogP contribution in [0.3, 0.4) is 0 Å². The van der Waals surface area contributed by atoms with E-state index >= 15 is 0 Å². The summed E-state index contributed by atoms with van der Waals surface area (Å²) in [6.07, 6.45) is -4.68. The van der Waals surface area contributed by atoms with E-state index in [1.807, 2.05) is 91.0 Å². The molecule has 208 valence electrons. The van der Waals surface area contributed by atoms with Crippen molar-refractivity contribution in [3.05, 3.63) is 108 Å². The fraction of sp³-hybridized carbons (Fsp3) is 0.406. The van der Waals surface area contributed by atoms with E-state index in [1.54, 1.807) is 20.8 Å². The summed E-state index contributed by atoms with van der Waals surface area (Å²) in [5.41, 5.74) is 2.15. The normalized spacial score (nSPS) is 23.3. The first-order valence-electron chi connectivity index (χ1n) is 13.3. The Morgan fingerprint density at radius 2 is 1.18 bits per heavy atom. The number of hydrogen-bond acceptors (Lipinski definition) is 7. The van der Waals surface area contributed by atoms with Gasteiger partial charge in [-0.25, -0.2) is 0 Å². The van der Waals surface area contributed by atoms with Crippen LogP contribution in [-0.4, -0.2) is 48.4 Å². The van der Waals surface area contributed by atoms with E-state index < -0.39 is 42.1 Å². The molecule has 0 unspecified atom stereocenters. The first kappa shape index (κ1) is 28.9. The maximum absolute atomic E-state index is 12.9. The first-order valence-corrected chi connectivity index (χ1v) is 13.3. The monoisotopic (exact) mass is 534 g/mol. The fourth-order valence-corrected chi connectivity index (χ4v) is 4.25. The molecule has 0 bridgehead atoms. The summed E-state index contributed by atoms with van der Waals surface area (Å²) in [5, 5.41) is 11.1. The lowest BCUT2D eigenvalue weighted by Crippen LogP contribution is -2.62. The molecule has 0 spiro atoms. The molecule has 7 nitrogen and oxygen atoms in total. The molecule has 3 aromatic carbocycles. The van der Waals surface area contributed by atoms with Gasteiger partial charge in [-0.2, -0.15) is 0 Å². The predicted molar refractivity (Wildman–Crippen MR) is 146 cm³/mol. The second-order valence-corrected chi connectivity index (χ2v) is 10.7. The van der Waals surface area contributed by atoms with Crippen LogP contribution in [0.4, 0.5) is 0 Å². The molecule has 4 rings (SSSR count). The van der Waals surface area contributed by atoms with Gasteiger partial charge in [0.25, 0.3) is 0 Å². The number of aliphatic hydroxyl groups excluding tert-OH is 1.